The van der Waals surface area contributed by atoms with Gasteiger partial charge in [-0.05, 0) is 29.3 Å². The number of benzene rings is 2. The Labute approximate surface area is 186 Å². The molecule has 1 saturated heterocycles. The van der Waals surface area contributed by atoms with E-state index in [0.717, 1.165) is 59.6 Å². The Hall–Kier alpha value is -3.30. The predicted octanol–water partition coefficient (Wildman–Crippen LogP) is 2.75. The lowest BCUT2D eigenvalue weighted by atomic mass is 10.1. The van der Waals surface area contributed by atoms with Crippen molar-refractivity contribution in [3.05, 3.63) is 66.7 Å². The zero-order valence-electron chi connectivity index (χ0n) is 17.8. The van der Waals surface area contributed by atoms with Crippen molar-refractivity contribution in [1.29, 1.82) is 0 Å². The number of anilines is 1. The maximum absolute atomic E-state index is 12.1. The van der Waals surface area contributed by atoms with Crippen molar-refractivity contribution in [2.75, 3.05) is 37.3 Å². The van der Waals surface area contributed by atoms with Crippen LogP contribution in [0.2, 0.25) is 0 Å². The fourth-order valence-corrected chi connectivity index (χ4v) is 5.17. The molecule has 0 amide bonds. The molecular formula is C23H24N6O2S. The third kappa shape index (κ3) is 4.09. The van der Waals surface area contributed by atoms with Gasteiger partial charge in [0, 0.05) is 56.1 Å². The van der Waals surface area contributed by atoms with Crippen molar-refractivity contribution in [1.82, 2.24) is 25.1 Å². The number of nitrogens with one attached hydrogen (secondary N) is 1. The molecule has 1 N–H and O–H groups in total. The SMILES string of the molecule is CS(=O)(=O)c1ccccc1CN1CCN(c2ncnc3ccc(-c4cn[nH]c4)cc23)CC1. The van der Waals surface area contributed by atoms with E-state index in [2.05, 4.69) is 36.0 Å². The van der Waals surface area contributed by atoms with Crippen LogP contribution < -0.4 is 4.90 Å². The first-order valence-electron chi connectivity index (χ1n) is 10.5. The zero-order chi connectivity index (χ0) is 22.1. The van der Waals surface area contributed by atoms with Gasteiger partial charge in [-0.3, -0.25) is 10.00 Å². The summed E-state index contributed by atoms with van der Waals surface area (Å²) in [7, 11) is -3.25. The highest BCUT2D eigenvalue weighted by atomic mass is 32.2. The molecule has 5 rings (SSSR count). The molecule has 0 unspecified atom stereocenters. The number of fused-ring (bicyclic) bond motifs is 1. The molecule has 0 atom stereocenters. The maximum Gasteiger partial charge on any atom is 0.175 e. The minimum absolute atomic E-state index is 0.413. The van der Waals surface area contributed by atoms with E-state index < -0.39 is 9.84 Å². The maximum atomic E-state index is 12.1. The zero-order valence-corrected chi connectivity index (χ0v) is 18.6. The van der Waals surface area contributed by atoms with E-state index in [4.69, 9.17) is 0 Å². The van der Waals surface area contributed by atoms with Gasteiger partial charge in [0.25, 0.3) is 0 Å². The third-order valence-electron chi connectivity index (χ3n) is 5.88. The average Bonchev–Trinajstić information content (AvgIpc) is 3.34. The van der Waals surface area contributed by atoms with Crippen LogP contribution in [0.4, 0.5) is 5.82 Å². The van der Waals surface area contributed by atoms with Crippen molar-refractivity contribution < 1.29 is 8.42 Å². The van der Waals surface area contributed by atoms with Gasteiger partial charge in [-0.25, -0.2) is 18.4 Å². The Morgan fingerprint density at radius 1 is 1.00 bits per heavy atom. The van der Waals surface area contributed by atoms with Gasteiger partial charge in [-0.1, -0.05) is 24.3 Å². The quantitative estimate of drug-likeness (QED) is 0.502. The lowest BCUT2D eigenvalue weighted by Crippen LogP contribution is -2.46. The molecule has 2 aromatic carbocycles. The number of sulfone groups is 1. The number of H-pyrrole nitrogens is 1. The highest BCUT2D eigenvalue weighted by Gasteiger charge is 2.22. The largest absolute Gasteiger partial charge is 0.353 e. The third-order valence-corrected chi connectivity index (χ3v) is 7.08. The van der Waals surface area contributed by atoms with Gasteiger partial charge >= 0.3 is 0 Å². The minimum Gasteiger partial charge on any atom is -0.353 e. The first kappa shape index (κ1) is 20.6. The van der Waals surface area contributed by atoms with Crippen molar-refractivity contribution in [3.8, 4) is 11.1 Å². The standard InChI is InChI=1S/C23H24N6O2S/c1-32(30,31)22-5-3-2-4-18(22)15-28-8-10-29(11-9-28)23-20-12-17(19-13-26-27-14-19)6-7-21(20)24-16-25-23/h2-7,12-14,16H,8-11,15H2,1H3,(H,26,27). The summed E-state index contributed by atoms with van der Waals surface area (Å²) in [5.41, 5.74) is 3.85. The van der Waals surface area contributed by atoms with Gasteiger partial charge < -0.3 is 4.90 Å². The molecule has 2 aromatic heterocycles. The number of hydrogen-bond acceptors (Lipinski definition) is 7. The molecule has 1 aliphatic heterocycles. The van der Waals surface area contributed by atoms with E-state index in [1.54, 1.807) is 24.7 Å². The van der Waals surface area contributed by atoms with Crippen LogP contribution in [0, 0.1) is 0 Å². The molecule has 8 nitrogen and oxygen atoms in total. The number of hydrogen-bond donors (Lipinski definition) is 1. The molecule has 0 aliphatic carbocycles. The first-order valence-corrected chi connectivity index (χ1v) is 12.4. The molecular weight excluding hydrogens is 424 g/mol. The molecule has 32 heavy (non-hydrogen) atoms. The van der Waals surface area contributed by atoms with Crippen molar-refractivity contribution >= 4 is 26.6 Å². The van der Waals surface area contributed by atoms with E-state index >= 15 is 0 Å². The molecule has 4 aromatic rings. The number of aromatic amines is 1. The van der Waals surface area contributed by atoms with Crippen LogP contribution >= 0.6 is 0 Å². The van der Waals surface area contributed by atoms with E-state index in [1.807, 2.05) is 30.5 Å². The summed E-state index contributed by atoms with van der Waals surface area (Å²) in [4.78, 5) is 14.0. The summed E-state index contributed by atoms with van der Waals surface area (Å²) in [6.45, 7) is 3.88. The second-order valence-corrected chi connectivity index (χ2v) is 10.0. The van der Waals surface area contributed by atoms with Crippen LogP contribution in [-0.4, -0.2) is 65.9 Å². The number of nitrogens with zero attached hydrogens (tertiary/aromatic N) is 5. The number of aromatic nitrogens is 4. The first-order chi connectivity index (χ1) is 15.5. The lowest BCUT2D eigenvalue weighted by molar-refractivity contribution is 0.247. The fraction of sp³-hybridized carbons (Fsp3) is 0.261. The van der Waals surface area contributed by atoms with Crippen LogP contribution in [-0.2, 0) is 16.4 Å². The summed E-state index contributed by atoms with van der Waals surface area (Å²) in [6, 6.07) is 13.4. The van der Waals surface area contributed by atoms with E-state index in [-0.39, 0.29) is 0 Å². The number of piperazine rings is 1. The van der Waals surface area contributed by atoms with E-state index in [1.165, 1.54) is 6.26 Å². The van der Waals surface area contributed by atoms with Gasteiger partial charge in [0.1, 0.15) is 12.1 Å². The van der Waals surface area contributed by atoms with Crippen LogP contribution in [0.3, 0.4) is 0 Å². The molecule has 0 bridgehead atoms. The van der Waals surface area contributed by atoms with Gasteiger partial charge in [-0.2, -0.15) is 5.10 Å². The van der Waals surface area contributed by atoms with Crippen LogP contribution in [0.5, 0.6) is 0 Å². The van der Waals surface area contributed by atoms with E-state index in [9.17, 15) is 8.42 Å². The smallest absolute Gasteiger partial charge is 0.175 e. The molecule has 3 heterocycles. The molecule has 0 radical (unpaired) electrons. The summed E-state index contributed by atoms with van der Waals surface area (Å²) in [5, 5.41) is 7.92. The van der Waals surface area contributed by atoms with Crippen LogP contribution in [0.25, 0.3) is 22.0 Å². The lowest BCUT2D eigenvalue weighted by Gasteiger charge is -2.36. The predicted molar refractivity (Wildman–Crippen MR) is 124 cm³/mol. The van der Waals surface area contributed by atoms with Crippen LogP contribution in [0.15, 0.2) is 66.1 Å². The second kappa shape index (κ2) is 8.33. The monoisotopic (exact) mass is 448 g/mol. The molecule has 1 aliphatic rings. The summed E-state index contributed by atoms with van der Waals surface area (Å²) >= 11 is 0. The van der Waals surface area contributed by atoms with Gasteiger partial charge in [0.2, 0.25) is 0 Å². The van der Waals surface area contributed by atoms with Crippen molar-refractivity contribution in [2.45, 2.75) is 11.4 Å². The highest BCUT2D eigenvalue weighted by Crippen LogP contribution is 2.29. The topological polar surface area (TPSA) is 95.1 Å². The Kier molecular flexibility index (Phi) is 5.36. The summed E-state index contributed by atoms with van der Waals surface area (Å²) in [6.07, 6.45) is 6.56. The van der Waals surface area contributed by atoms with Crippen LogP contribution in [0.1, 0.15) is 5.56 Å². The minimum atomic E-state index is -3.25. The number of rotatable bonds is 5. The Morgan fingerprint density at radius 3 is 2.56 bits per heavy atom. The Morgan fingerprint density at radius 2 is 1.81 bits per heavy atom. The average molecular weight is 449 g/mol. The fourth-order valence-electron chi connectivity index (χ4n) is 4.24. The normalized spacial score (nSPS) is 15.3. The molecule has 164 valence electrons. The second-order valence-electron chi connectivity index (χ2n) is 8.06. The summed E-state index contributed by atoms with van der Waals surface area (Å²) in [5.74, 6) is 0.927. The van der Waals surface area contributed by atoms with Crippen molar-refractivity contribution in [2.24, 2.45) is 0 Å². The molecule has 0 spiro atoms. The summed E-state index contributed by atoms with van der Waals surface area (Å²) < 4.78 is 24.2. The highest BCUT2D eigenvalue weighted by molar-refractivity contribution is 7.90. The van der Waals surface area contributed by atoms with Gasteiger partial charge in [0.05, 0.1) is 16.6 Å². The molecule has 9 heteroatoms. The molecule has 0 saturated carbocycles. The van der Waals surface area contributed by atoms with Gasteiger partial charge in [0.15, 0.2) is 9.84 Å². The Bertz CT molecular complexity index is 1350. The molecule has 1 fully saturated rings. The van der Waals surface area contributed by atoms with Crippen molar-refractivity contribution in [3.63, 3.8) is 0 Å². The Balaban J connectivity index is 1.35. The van der Waals surface area contributed by atoms with E-state index in [0.29, 0.717) is 11.4 Å². The van der Waals surface area contributed by atoms with Gasteiger partial charge in [-0.15, -0.1) is 0 Å².